The summed E-state index contributed by atoms with van der Waals surface area (Å²) < 4.78 is 5.13. The van der Waals surface area contributed by atoms with E-state index in [2.05, 4.69) is 36.6 Å². The highest BCUT2D eigenvalue weighted by Gasteiger charge is 2.30. The van der Waals surface area contributed by atoms with Gasteiger partial charge in [-0.05, 0) is 73.6 Å². The van der Waals surface area contributed by atoms with Crippen molar-refractivity contribution in [3.05, 3.63) is 54.1 Å². The lowest BCUT2D eigenvalue weighted by Gasteiger charge is -2.27. The van der Waals surface area contributed by atoms with Crippen LogP contribution in [0, 0.1) is 11.8 Å². The molecule has 0 saturated heterocycles. The lowest BCUT2D eigenvalue weighted by molar-refractivity contribution is -0.125. The number of nitrogens with one attached hydrogen (secondary N) is 2. The zero-order chi connectivity index (χ0) is 20.8. The number of carbonyl (C=O) groups excluding carboxylic acids is 2. The van der Waals surface area contributed by atoms with E-state index in [4.69, 9.17) is 4.74 Å². The molecule has 0 radical (unpaired) electrons. The van der Waals surface area contributed by atoms with Gasteiger partial charge in [0.25, 0.3) is 0 Å². The van der Waals surface area contributed by atoms with E-state index in [1.807, 2.05) is 36.4 Å². The van der Waals surface area contributed by atoms with Crippen molar-refractivity contribution < 1.29 is 14.3 Å². The van der Waals surface area contributed by atoms with Crippen molar-refractivity contribution >= 4 is 23.2 Å². The first-order valence-corrected chi connectivity index (χ1v) is 10.3. The molecular weight excluding hydrogens is 364 g/mol. The maximum Gasteiger partial charge on any atom is 0.227 e. The Kier molecular flexibility index (Phi) is 6.91. The van der Waals surface area contributed by atoms with Gasteiger partial charge in [0, 0.05) is 23.2 Å². The number of carbonyl (C=O) groups is 2. The molecule has 2 aromatic carbocycles. The Labute approximate surface area is 172 Å². The largest absolute Gasteiger partial charge is 0.497 e. The Hall–Kier alpha value is -2.82. The highest BCUT2D eigenvalue weighted by atomic mass is 16.5. The first-order chi connectivity index (χ1) is 14.0. The molecule has 2 aromatic rings. The molecule has 2 N–H and O–H groups in total. The van der Waals surface area contributed by atoms with Crippen molar-refractivity contribution in [3.63, 3.8) is 0 Å². The third-order valence-corrected chi connectivity index (χ3v) is 5.67. The van der Waals surface area contributed by atoms with Crippen molar-refractivity contribution in [1.82, 2.24) is 0 Å². The van der Waals surface area contributed by atoms with Gasteiger partial charge in [-0.1, -0.05) is 26.0 Å². The van der Waals surface area contributed by atoms with Crippen LogP contribution in [0.2, 0.25) is 0 Å². The van der Waals surface area contributed by atoms with Crippen LogP contribution in [-0.2, 0) is 9.59 Å². The quantitative estimate of drug-likeness (QED) is 0.707. The summed E-state index contributed by atoms with van der Waals surface area (Å²) in [6, 6.07) is 15.3. The molecular formula is C24H30N2O3. The van der Waals surface area contributed by atoms with Gasteiger partial charge in [-0.3, -0.25) is 9.59 Å². The van der Waals surface area contributed by atoms with E-state index in [-0.39, 0.29) is 23.7 Å². The molecule has 5 nitrogen and oxygen atoms in total. The number of amides is 2. The average molecular weight is 395 g/mol. The molecule has 154 valence electrons. The topological polar surface area (TPSA) is 67.4 Å². The van der Waals surface area contributed by atoms with Gasteiger partial charge in [0.1, 0.15) is 5.75 Å². The normalized spacial score (nSPS) is 18.9. The minimum absolute atomic E-state index is 0.0262. The van der Waals surface area contributed by atoms with Gasteiger partial charge in [-0.2, -0.15) is 0 Å². The molecule has 2 amide bonds. The van der Waals surface area contributed by atoms with Crippen molar-refractivity contribution in [2.24, 2.45) is 11.8 Å². The van der Waals surface area contributed by atoms with Gasteiger partial charge in [0.15, 0.2) is 0 Å². The number of anilines is 2. The fraction of sp³-hybridized carbons (Fsp3) is 0.417. The number of methoxy groups -OCH3 is 1. The molecule has 1 fully saturated rings. The molecule has 0 atom stereocenters. The SMILES string of the molecule is COc1ccc(NC(=O)C2CCC(C(=O)Nc3ccc(C(C)C)cc3)CC2)cc1. The summed E-state index contributed by atoms with van der Waals surface area (Å²) in [5, 5.41) is 5.99. The Morgan fingerprint density at radius 3 is 1.59 bits per heavy atom. The van der Waals surface area contributed by atoms with E-state index in [0.29, 0.717) is 5.92 Å². The maximum atomic E-state index is 12.6. The molecule has 1 saturated carbocycles. The molecule has 0 unspecified atom stereocenters. The van der Waals surface area contributed by atoms with Crippen LogP contribution >= 0.6 is 0 Å². The Bertz CT molecular complexity index is 820. The van der Waals surface area contributed by atoms with Gasteiger partial charge < -0.3 is 15.4 Å². The van der Waals surface area contributed by atoms with E-state index < -0.39 is 0 Å². The van der Waals surface area contributed by atoms with Crippen LogP contribution in [0.15, 0.2) is 48.5 Å². The summed E-state index contributed by atoms with van der Waals surface area (Å²) in [6.07, 6.45) is 2.92. The average Bonchev–Trinajstić information content (AvgIpc) is 2.74. The molecule has 29 heavy (non-hydrogen) atoms. The second kappa shape index (κ2) is 9.59. The van der Waals surface area contributed by atoms with Crippen molar-refractivity contribution in [2.45, 2.75) is 45.4 Å². The van der Waals surface area contributed by atoms with Crippen LogP contribution in [0.4, 0.5) is 11.4 Å². The summed E-state index contributed by atoms with van der Waals surface area (Å²) in [6.45, 7) is 4.30. The first kappa shape index (κ1) is 20.9. The van der Waals surface area contributed by atoms with Crippen molar-refractivity contribution in [1.29, 1.82) is 0 Å². The number of benzene rings is 2. The van der Waals surface area contributed by atoms with Crippen LogP contribution in [0.1, 0.15) is 51.0 Å². The molecule has 5 heteroatoms. The third-order valence-electron chi connectivity index (χ3n) is 5.67. The second-order valence-electron chi connectivity index (χ2n) is 8.03. The molecule has 1 aliphatic rings. The number of hydrogen-bond acceptors (Lipinski definition) is 3. The third kappa shape index (κ3) is 5.59. The van der Waals surface area contributed by atoms with E-state index >= 15 is 0 Å². The number of hydrogen-bond donors (Lipinski definition) is 2. The minimum atomic E-state index is -0.0496. The van der Waals surface area contributed by atoms with Gasteiger partial charge in [-0.15, -0.1) is 0 Å². The lowest BCUT2D eigenvalue weighted by Crippen LogP contribution is -2.32. The fourth-order valence-electron chi connectivity index (χ4n) is 3.73. The van der Waals surface area contributed by atoms with Crippen molar-refractivity contribution in [2.75, 3.05) is 17.7 Å². The summed E-state index contributed by atoms with van der Waals surface area (Å²) in [5.74, 6) is 1.22. The molecule has 0 aliphatic heterocycles. The Morgan fingerprint density at radius 2 is 1.21 bits per heavy atom. The van der Waals surface area contributed by atoms with E-state index in [9.17, 15) is 9.59 Å². The number of ether oxygens (including phenoxy) is 1. The van der Waals surface area contributed by atoms with Crippen LogP contribution in [0.5, 0.6) is 5.75 Å². The van der Waals surface area contributed by atoms with Crippen LogP contribution in [-0.4, -0.2) is 18.9 Å². The molecule has 0 bridgehead atoms. The first-order valence-electron chi connectivity index (χ1n) is 10.3. The molecule has 1 aliphatic carbocycles. The van der Waals surface area contributed by atoms with Gasteiger partial charge in [0.2, 0.25) is 11.8 Å². The van der Waals surface area contributed by atoms with Gasteiger partial charge in [0.05, 0.1) is 7.11 Å². The van der Waals surface area contributed by atoms with E-state index in [1.54, 1.807) is 7.11 Å². The van der Waals surface area contributed by atoms with E-state index in [0.717, 1.165) is 42.8 Å². The van der Waals surface area contributed by atoms with E-state index in [1.165, 1.54) is 5.56 Å². The van der Waals surface area contributed by atoms with Crippen molar-refractivity contribution in [3.8, 4) is 5.75 Å². The van der Waals surface area contributed by atoms with Crippen LogP contribution in [0.3, 0.4) is 0 Å². The lowest BCUT2D eigenvalue weighted by atomic mass is 9.81. The minimum Gasteiger partial charge on any atom is -0.497 e. The Balaban J connectivity index is 1.47. The zero-order valence-electron chi connectivity index (χ0n) is 17.4. The van der Waals surface area contributed by atoms with Crippen LogP contribution in [0.25, 0.3) is 0 Å². The summed E-state index contributed by atoms with van der Waals surface area (Å²) in [5.41, 5.74) is 2.85. The standard InChI is InChI=1S/C24H30N2O3/c1-16(2)17-8-10-20(11-9-17)25-23(27)18-4-6-19(7-5-18)24(28)26-21-12-14-22(29-3)15-13-21/h8-16,18-19H,4-7H2,1-3H3,(H,25,27)(H,26,28). The molecule has 3 rings (SSSR count). The number of rotatable bonds is 6. The predicted octanol–water partition coefficient (Wildman–Crippen LogP) is 5.20. The van der Waals surface area contributed by atoms with Gasteiger partial charge >= 0.3 is 0 Å². The smallest absolute Gasteiger partial charge is 0.227 e. The summed E-state index contributed by atoms with van der Waals surface area (Å²) in [7, 11) is 1.61. The summed E-state index contributed by atoms with van der Waals surface area (Å²) >= 11 is 0. The monoisotopic (exact) mass is 394 g/mol. The zero-order valence-corrected chi connectivity index (χ0v) is 17.4. The highest BCUT2D eigenvalue weighted by Crippen LogP contribution is 2.31. The molecule has 0 spiro atoms. The Morgan fingerprint density at radius 1 is 0.793 bits per heavy atom. The highest BCUT2D eigenvalue weighted by molar-refractivity contribution is 5.94. The fourth-order valence-corrected chi connectivity index (χ4v) is 3.73. The van der Waals surface area contributed by atoms with Gasteiger partial charge in [-0.25, -0.2) is 0 Å². The summed E-state index contributed by atoms with van der Waals surface area (Å²) in [4.78, 5) is 25.1. The molecule has 0 aromatic heterocycles. The predicted molar refractivity (Wildman–Crippen MR) is 116 cm³/mol. The maximum absolute atomic E-state index is 12.6. The molecule has 0 heterocycles. The second-order valence-corrected chi connectivity index (χ2v) is 8.03. The van der Waals surface area contributed by atoms with Crippen LogP contribution < -0.4 is 15.4 Å².